The number of carbonyl (C=O) groups excluding carboxylic acids is 1. The lowest BCUT2D eigenvalue weighted by Gasteiger charge is -2.18. The topological polar surface area (TPSA) is 41.9 Å². The molecule has 0 saturated heterocycles. The first-order valence-corrected chi connectivity index (χ1v) is 5.74. The molecule has 4 nitrogen and oxygen atoms in total. The molecule has 1 aromatic carbocycles. The fourth-order valence-corrected chi connectivity index (χ4v) is 1.96. The molecule has 0 aromatic heterocycles. The van der Waals surface area contributed by atoms with E-state index in [0.29, 0.717) is 18.7 Å². The molecule has 0 amide bonds. The Morgan fingerprint density at radius 3 is 2.82 bits per heavy atom. The third-order valence-corrected chi connectivity index (χ3v) is 2.81. The highest BCUT2D eigenvalue weighted by Gasteiger charge is 2.29. The van der Waals surface area contributed by atoms with E-state index in [9.17, 15) is 4.79 Å². The van der Waals surface area contributed by atoms with E-state index in [1.807, 2.05) is 42.4 Å². The van der Waals surface area contributed by atoms with E-state index in [1.54, 1.807) is 6.92 Å². The minimum atomic E-state index is -0.308. The van der Waals surface area contributed by atoms with Gasteiger partial charge < -0.3 is 4.74 Å². The lowest BCUT2D eigenvalue weighted by Crippen LogP contribution is -2.16. The molecule has 0 bridgehead atoms. The predicted molar refractivity (Wildman–Crippen MR) is 65.6 cm³/mol. The maximum Gasteiger partial charge on any atom is 0.354 e. The first-order valence-electron chi connectivity index (χ1n) is 5.74. The van der Waals surface area contributed by atoms with Gasteiger partial charge in [-0.1, -0.05) is 30.3 Å². The normalized spacial score (nSPS) is 19.1. The molecule has 1 aromatic rings. The van der Waals surface area contributed by atoms with Crippen LogP contribution in [0.2, 0.25) is 0 Å². The minimum absolute atomic E-state index is 0.135. The molecule has 90 valence electrons. The summed E-state index contributed by atoms with van der Waals surface area (Å²) < 4.78 is 4.96. The van der Waals surface area contributed by atoms with Crippen LogP contribution in [-0.4, -0.2) is 30.3 Å². The first kappa shape index (κ1) is 11.6. The van der Waals surface area contributed by atoms with Crippen molar-refractivity contribution in [2.75, 3.05) is 13.7 Å². The Balaban J connectivity index is 2.10. The van der Waals surface area contributed by atoms with Crippen LogP contribution < -0.4 is 0 Å². The van der Waals surface area contributed by atoms with Gasteiger partial charge in [0.2, 0.25) is 0 Å². The first-order chi connectivity index (χ1) is 8.22. The summed E-state index contributed by atoms with van der Waals surface area (Å²) in [5, 5.41) is 6.06. The third kappa shape index (κ3) is 2.46. The van der Waals surface area contributed by atoms with Crippen molar-refractivity contribution in [3.63, 3.8) is 0 Å². The van der Waals surface area contributed by atoms with Crippen LogP contribution in [0.4, 0.5) is 0 Å². The number of hydrazone groups is 1. The molecule has 0 unspecified atom stereocenters. The van der Waals surface area contributed by atoms with Crippen molar-refractivity contribution < 1.29 is 9.53 Å². The molecule has 0 fully saturated rings. The van der Waals surface area contributed by atoms with Crippen LogP contribution in [0.15, 0.2) is 35.4 Å². The molecule has 1 aliphatic rings. The number of hydrogen-bond acceptors (Lipinski definition) is 4. The number of ether oxygens (including phenoxy) is 1. The van der Waals surface area contributed by atoms with Crippen molar-refractivity contribution in [2.24, 2.45) is 5.10 Å². The van der Waals surface area contributed by atoms with Crippen molar-refractivity contribution in [1.82, 2.24) is 5.01 Å². The van der Waals surface area contributed by atoms with E-state index in [2.05, 4.69) is 5.10 Å². The van der Waals surface area contributed by atoms with E-state index in [-0.39, 0.29) is 12.0 Å². The molecular weight excluding hydrogens is 216 g/mol. The second-order valence-corrected chi connectivity index (χ2v) is 3.97. The van der Waals surface area contributed by atoms with Gasteiger partial charge in [-0.2, -0.15) is 5.10 Å². The maximum atomic E-state index is 11.6. The van der Waals surface area contributed by atoms with Gasteiger partial charge >= 0.3 is 5.97 Å². The zero-order chi connectivity index (χ0) is 12.3. The van der Waals surface area contributed by atoms with Crippen molar-refractivity contribution in [2.45, 2.75) is 19.4 Å². The van der Waals surface area contributed by atoms with E-state index in [4.69, 9.17) is 4.74 Å². The Morgan fingerprint density at radius 2 is 2.18 bits per heavy atom. The van der Waals surface area contributed by atoms with Crippen LogP contribution >= 0.6 is 0 Å². The summed E-state index contributed by atoms with van der Waals surface area (Å²) >= 11 is 0. The molecule has 4 heteroatoms. The van der Waals surface area contributed by atoms with Crippen LogP contribution in [-0.2, 0) is 9.53 Å². The summed E-state index contributed by atoms with van der Waals surface area (Å²) in [7, 11) is 1.88. The number of rotatable bonds is 3. The smallest absolute Gasteiger partial charge is 0.354 e. The summed E-state index contributed by atoms with van der Waals surface area (Å²) in [5.41, 5.74) is 1.67. The summed E-state index contributed by atoms with van der Waals surface area (Å²) in [4.78, 5) is 11.6. The molecule has 17 heavy (non-hydrogen) atoms. The summed E-state index contributed by atoms with van der Waals surface area (Å²) in [6, 6.07) is 10.2. The molecule has 0 radical (unpaired) electrons. The zero-order valence-electron chi connectivity index (χ0n) is 10.1. The molecule has 2 rings (SSSR count). The Bertz CT molecular complexity index is 428. The molecular formula is C13H16N2O2. The lowest BCUT2D eigenvalue weighted by molar-refractivity contribution is -0.135. The minimum Gasteiger partial charge on any atom is -0.461 e. The number of benzene rings is 1. The molecule has 1 aliphatic heterocycles. The van der Waals surface area contributed by atoms with Crippen molar-refractivity contribution in [3.05, 3.63) is 35.9 Å². The highest BCUT2D eigenvalue weighted by Crippen LogP contribution is 2.28. The highest BCUT2D eigenvalue weighted by atomic mass is 16.5. The van der Waals surface area contributed by atoms with Gasteiger partial charge in [-0.25, -0.2) is 4.79 Å². The number of nitrogens with zero attached hydrogens (tertiary/aromatic N) is 2. The van der Waals surface area contributed by atoms with Gasteiger partial charge in [-0.05, 0) is 12.5 Å². The second kappa shape index (κ2) is 4.99. The average Bonchev–Trinajstić information content (AvgIpc) is 2.73. The molecule has 1 heterocycles. The summed E-state index contributed by atoms with van der Waals surface area (Å²) in [5.74, 6) is -0.308. The van der Waals surface area contributed by atoms with Gasteiger partial charge in [0.1, 0.15) is 5.71 Å². The van der Waals surface area contributed by atoms with E-state index in [1.165, 1.54) is 0 Å². The second-order valence-electron chi connectivity index (χ2n) is 3.97. The average molecular weight is 232 g/mol. The molecule has 1 atom stereocenters. The van der Waals surface area contributed by atoms with Crippen LogP contribution in [0.1, 0.15) is 24.9 Å². The van der Waals surface area contributed by atoms with E-state index >= 15 is 0 Å². The fraction of sp³-hybridized carbons (Fsp3) is 0.385. The Morgan fingerprint density at radius 1 is 1.47 bits per heavy atom. The third-order valence-electron chi connectivity index (χ3n) is 2.81. The monoisotopic (exact) mass is 232 g/mol. The molecule has 0 N–H and O–H groups in total. The predicted octanol–water partition coefficient (Wildman–Crippen LogP) is 1.98. The van der Waals surface area contributed by atoms with E-state index in [0.717, 1.165) is 5.56 Å². The Hall–Kier alpha value is -1.84. The number of esters is 1. The Kier molecular flexibility index (Phi) is 3.42. The SMILES string of the molecule is CCOC(=O)C1=NN(C)[C@H](c2ccccc2)C1. The van der Waals surface area contributed by atoms with Gasteiger partial charge in [0.15, 0.2) is 0 Å². The van der Waals surface area contributed by atoms with Crippen LogP contribution in [0, 0.1) is 0 Å². The lowest BCUT2D eigenvalue weighted by atomic mass is 10.0. The van der Waals surface area contributed by atoms with Crippen LogP contribution in [0.3, 0.4) is 0 Å². The van der Waals surface area contributed by atoms with Gasteiger partial charge in [0.25, 0.3) is 0 Å². The summed E-state index contributed by atoms with van der Waals surface area (Å²) in [6.45, 7) is 2.18. The van der Waals surface area contributed by atoms with E-state index < -0.39 is 0 Å². The number of hydrogen-bond donors (Lipinski definition) is 0. The maximum absolute atomic E-state index is 11.6. The van der Waals surface area contributed by atoms with Gasteiger partial charge in [0, 0.05) is 13.5 Å². The summed E-state index contributed by atoms with van der Waals surface area (Å²) in [6.07, 6.45) is 0.610. The van der Waals surface area contributed by atoms with Crippen LogP contribution in [0.5, 0.6) is 0 Å². The number of carbonyl (C=O) groups is 1. The van der Waals surface area contributed by atoms with Crippen molar-refractivity contribution in [1.29, 1.82) is 0 Å². The zero-order valence-corrected chi connectivity index (χ0v) is 10.1. The molecule has 0 aliphatic carbocycles. The fourth-order valence-electron chi connectivity index (χ4n) is 1.96. The largest absolute Gasteiger partial charge is 0.461 e. The van der Waals surface area contributed by atoms with Crippen LogP contribution in [0.25, 0.3) is 0 Å². The van der Waals surface area contributed by atoms with Gasteiger partial charge in [0.05, 0.1) is 12.6 Å². The van der Waals surface area contributed by atoms with Crippen molar-refractivity contribution in [3.8, 4) is 0 Å². The quantitative estimate of drug-likeness (QED) is 0.748. The highest BCUT2D eigenvalue weighted by molar-refractivity contribution is 6.36. The molecule has 0 saturated carbocycles. The van der Waals surface area contributed by atoms with Gasteiger partial charge in [-0.3, -0.25) is 5.01 Å². The Labute approximate surface area is 101 Å². The standard InChI is InChI=1S/C13H16N2O2/c1-3-17-13(16)11-9-12(15(2)14-11)10-7-5-4-6-8-10/h4-8,12H,3,9H2,1-2H3/t12-/m0/s1. The van der Waals surface area contributed by atoms with Crippen molar-refractivity contribution >= 4 is 11.7 Å². The molecule has 0 spiro atoms. The van der Waals surface area contributed by atoms with Gasteiger partial charge in [-0.15, -0.1) is 0 Å².